The lowest BCUT2D eigenvalue weighted by atomic mass is 10.1. The maximum Gasteiger partial charge on any atom is 0.359 e. The Kier molecular flexibility index (Phi) is 20.0. The minimum Gasteiger partial charge on any atom is -0.477 e. The molecule has 0 saturated carbocycles. The summed E-state index contributed by atoms with van der Waals surface area (Å²) in [6, 6.07) is 0. The Balaban J connectivity index is 3.29. The van der Waals surface area contributed by atoms with Gasteiger partial charge in [-0.15, -0.1) is 0 Å². The van der Waals surface area contributed by atoms with Crippen LogP contribution in [0.5, 0.6) is 0 Å². The summed E-state index contributed by atoms with van der Waals surface area (Å²) in [6.07, 6.45) is 18.5. The average molecular weight is 444 g/mol. The number of amides is 1. The zero-order valence-electron chi connectivity index (χ0n) is 20.8. The number of carbonyl (C=O) groups is 2. The summed E-state index contributed by atoms with van der Waals surface area (Å²) in [5.74, 6) is -0.781. The van der Waals surface area contributed by atoms with Crippen LogP contribution in [0.25, 0.3) is 0 Å². The van der Waals surface area contributed by atoms with Gasteiger partial charge < -0.3 is 19.6 Å². The van der Waals surface area contributed by atoms with Crippen LogP contribution in [-0.4, -0.2) is 68.4 Å². The second-order valence-corrected chi connectivity index (χ2v) is 9.52. The second kappa shape index (κ2) is 20.7. The largest absolute Gasteiger partial charge is 0.477 e. The Morgan fingerprint density at radius 3 is 1.77 bits per heavy atom. The van der Waals surface area contributed by atoms with Gasteiger partial charge in [0.05, 0.1) is 27.2 Å². The van der Waals surface area contributed by atoms with Crippen LogP contribution in [0.3, 0.4) is 0 Å². The molecule has 0 spiro atoms. The number of unbranched alkanes of at least 4 members (excludes halogenated alkanes) is 12. The number of likely N-dealkylation sites (N-methyl/N-ethyl adjacent to an activating group) is 1. The minimum absolute atomic E-state index is 0.0382. The van der Waals surface area contributed by atoms with Gasteiger partial charge in [0.25, 0.3) is 0 Å². The number of carbonyl (C=O) groups excluding carboxylic acids is 1. The van der Waals surface area contributed by atoms with Crippen molar-refractivity contribution in [2.75, 3.05) is 46.9 Å². The van der Waals surface area contributed by atoms with E-state index >= 15 is 0 Å². The predicted molar refractivity (Wildman–Crippen MR) is 128 cm³/mol. The number of carboxylic acids is 1. The second-order valence-electron chi connectivity index (χ2n) is 9.52. The zero-order chi connectivity index (χ0) is 23.2. The summed E-state index contributed by atoms with van der Waals surface area (Å²) in [7, 11) is 3.71. The van der Waals surface area contributed by atoms with Crippen LogP contribution in [0.15, 0.2) is 0 Å². The van der Waals surface area contributed by atoms with E-state index < -0.39 is 5.97 Å². The van der Waals surface area contributed by atoms with E-state index in [0.29, 0.717) is 24.0 Å². The number of quaternary nitrogens is 1. The van der Waals surface area contributed by atoms with Crippen molar-refractivity contribution in [1.82, 2.24) is 5.32 Å². The lowest BCUT2D eigenvalue weighted by Gasteiger charge is -2.27. The van der Waals surface area contributed by atoms with Gasteiger partial charge in [0, 0.05) is 19.6 Å². The smallest absolute Gasteiger partial charge is 0.359 e. The third-order valence-electron chi connectivity index (χ3n) is 5.69. The summed E-state index contributed by atoms with van der Waals surface area (Å²) in [5, 5.41) is 11.7. The van der Waals surface area contributed by atoms with Crippen molar-refractivity contribution in [3.8, 4) is 0 Å². The van der Waals surface area contributed by atoms with E-state index in [9.17, 15) is 9.59 Å². The molecule has 0 heterocycles. The van der Waals surface area contributed by atoms with Gasteiger partial charge in [-0.1, -0.05) is 77.6 Å². The quantitative estimate of drug-likeness (QED) is 0.169. The minimum atomic E-state index is -0.820. The summed E-state index contributed by atoms with van der Waals surface area (Å²) >= 11 is 0. The van der Waals surface area contributed by atoms with Gasteiger partial charge in [-0.2, -0.15) is 0 Å². The number of rotatable bonds is 23. The maximum atomic E-state index is 11.8. The van der Waals surface area contributed by atoms with Crippen molar-refractivity contribution >= 4 is 11.9 Å². The molecule has 0 aromatic carbocycles. The molecule has 0 atom stereocenters. The predicted octanol–water partition coefficient (Wildman–Crippen LogP) is 5.15. The Labute approximate surface area is 191 Å². The van der Waals surface area contributed by atoms with Crippen LogP contribution in [0.2, 0.25) is 0 Å². The average Bonchev–Trinajstić information content (AvgIpc) is 2.69. The molecule has 2 N–H and O–H groups in total. The van der Waals surface area contributed by atoms with Gasteiger partial charge in [0.15, 0.2) is 6.54 Å². The number of nitrogens with one attached hydrogen (secondary N) is 1. The van der Waals surface area contributed by atoms with Crippen LogP contribution in [0, 0.1) is 0 Å². The van der Waals surface area contributed by atoms with Gasteiger partial charge in [-0.3, -0.25) is 4.79 Å². The first-order valence-corrected chi connectivity index (χ1v) is 12.8. The molecule has 1 amide bonds. The summed E-state index contributed by atoms with van der Waals surface area (Å²) in [4.78, 5) is 22.6. The first kappa shape index (κ1) is 29.9. The van der Waals surface area contributed by atoms with E-state index in [2.05, 4.69) is 12.2 Å². The number of hydrogen-bond acceptors (Lipinski definition) is 3. The Morgan fingerprint density at radius 1 is 0.774 bits per heavy atom. The van der Waals surface area contributed by atoms with E-state index in [1.54, 1.807) is 0 Å². The van der Waals surface area contributed by atoms with E-state index in [1.807, 2.05) is 14.1 Å². The molecular formula is C25H51N2O4+. The Morgan fingerprint density at radius 2 is 1.26 bits per heavy atom. The molecule has 184 valence electrons. The highest BCUT2D eigenvalue weighted by Gasteiger charge is 2.19. The first-order valence-electron chi connectivity index (χ1n) is 12.8. The van der Waals surface area contributed by atoms with E-state index in [1.165, 1.54) is 70.6 Å². The van der Waals surface area contributed by atoms with E-state index in [4.69, 9.17) is 9.84 Å². The van der Waals surface area contributed by atoms with Crippen molar-refractivity contribution < 1.29 is 23.9 Å². The standard InChI is InChI=1S/C25H50N2O4/c1-4-5-6-7-8-9-10-11-12-13-14-16-21-31-22-17-15-18-24(28)26-19-20-27(2,3)23-25(29)30/h4-23H2,1-3H3,(H-,26,28,29,30)/p+1. The molecule has 0 fully saturated rings. The molecular weight excluding hydrogens is 392 g/mol. The summed E-state index contributed by atoms with van der Waals surface area (Å²) in [5.41, 5.74) is 0. The van der Waals surface area contributed by atoms with E-state index in [-0.39, 0.29) is 12.5 Å². The van der Waals surface area contributed by atoms with Crippen LogP contribution in [0.4, 0.5) is 0 Å². The number of aliphatic carboxylic acids is 1. The molecule has 0 unspecified atom stereocenters. The molecule has 0 aliphatic carbocycles. The molecule has 0 radical (unpaired) electrons. The highest BCUT2D eigenvalue weighted by Crippen LogP contribution is 2.12. The maximum absolute atomic E-state index is 11.8. The number of hydrogen-bond donors (Lipinski definition) is 2. The van der Waals surface area contributed by atoms with Gasteiger partial charge in [-0.25, -0.2) is 4.79 Å². The molecule has 0 rings (SSSR count). The zero-order valence-corrected chi connectivity index (χ0v) is 20.8. The van der Waals surface area contributed by atoms with Gasteiger partial charge in [-0.05, 0) is 19.3 Å². The van der Waals surface area contributed by atoms with Crippen molar-refractivity contribution in [3.05, 3.63) is 0 Å². The molecule has 0 aromatic heterocycles. The van der Waals surface area contributed by atoms with E-state index in [0.717, 1.165) is 32.5 Å². The van der Waals surface area contributed by atoms with Crippen LogP contribution in [-0.2, 0) is 14.3 Å². The fourth-order valence-corrected chi connectivity index (χ4v) is 3.67. The molecule has 31 heavy (non-hydrogen) atoms. The highest BCUT2D eigenvalue weighted by atomic mass is 16.5. The number of carboxylic acid groups (broad SMARTS) is 1. The molecule has 0 aromatic rings. The van der Waals surface area contributed by atoms with Crippen LogP contribution in [0.1, 0.15) is 103 Å². The SMILES string of the molecule is CCCCCCCCCCCCCCOCCCCC(=O)NCC[N+](C)(C)CC(=O)O. The molecule has 6 heteroatoms. The number of nitrogens with zero attached hydrogens (tertiary/aromatic N) is 1. The molecule has 0 saturated heterocycles. The molecule has 0 aliphatic heterocycles. The summed E-state index contributed by atoms with van der Waals surface area (Å²) in [6.45, 7) is 5.01. The van der Waals surface area contributed by atoms with Crippen molar-refractivity contribution in [1.29, 1.82) is 0 Å². The monoisotopic (exact) mass is 443 g/mol. The first-order chi connectivity index (χ1) is 14.9. The molecule has 0 bridgehead atoms. The molecule has 6 nitrogen and oxygen atoms in total. The normalized spacial score (nSPS) is 11.6. The third kappa shape index (κ3) is 23.4. The number of ether oxygens (including phenoxy) is 1. The van der Waals surface area contributed by atoms with Crippen LogP contribution >= 0.6 is 0 Å². The highest BCUT2D eigenvalue weighted by molar-refractivity contribution is 5.75. The lowest BCUT2D eigenvalue weighted by molar-refractivity contribution is -0.881. The Hall–Kier alpha value is -1.14. The van der Waals surface area contributed by atoms with Gasteiger partial charge >= 0.3 is 5.97 Å². The Bertz CT molecular complexity index is 441. The molecule has 0 aliphatic rings. The third-order valence-corrected chi connectivity index (χ3v) is 5.69. The van der Waals surface area contributed by atoms with Gasteiger partial charge in [0.2, 0.25) is 5.91 Å². The van der Waals surface area contributed by atoms with Crippen molar-refractivity contribution in [2.45, 2.75) is 103 Å². The summed E-state index contributed by atoms with van der Waals surface area (Å²) < 4.78 is 6.04. The topological polar surface area (TPSA) is 75.6 Å². The fraction of sp³-hybridized carbons (Fsp3) is 0.920. The van der Waals surface area contributed by atoms with Crippen LogP contribution < -0.4 is 5.32 Å². The van der Waals surface area contributed by atoms with Gasteiger partial charge in [0.1, 0.15) is 0 Å². The lowest BCUT2D eigenvalue weighted by Crippen LogP contribution is -2.48. The van der Waals surface area contributed by atoms with Crippen molar-refractivity contribution in [3.63, 3.8) is 0 Å². The fourth-order valence-electron chi connectivity index (χ4n) is 3.67. The van der Waals surface area contributed by atoms with Crippen molar-refractivity contribution in [2.24, 2.45) is 0 Å².